The maximum Gasteiger partial charge on any atom is 0.127 e. The highest BCUT2D eigenvalue weighted by Crippen LogP contribution is 2.24. The molecule has 0 atom stereocenters. The van der Waals surface area contributed by atoms with E-state index >= 15 is 0 Å². The van der Waals surface area contributed by atoms with E-state index in [1.54, 1.807) is 6.20 Å². The predicted octanol–water partition coefficient (Wildman–Crippen LogP) is 5.31. The van der Waals surface area contributed by atoms with Gasteiger partial charge in [0.2, 0.25) is 0 Å². The zero-order chi connectivity index (χ0) is 15.1. The lowest BCUT2D eigenvalue weighted by Crippen LogP contribution is -1.95. The molecule has 0 saturated heterocycles. The zero-order valence-corrected chi connectivity index (χ0v) is 13.1. The average Bonchev–Trinajstić information content (AvgIpc) is 2.47. The SMILES string of the molecule is CC(C)=CCC/C(C)=C/COc1cccc2cnccc12. The summed E-state index contributed by atoms with van der Waals surface area (Å²) in [4.78, 5) is 4.14. The molecule has 0 amide bonds. The standard InChI is InChI=1S/C19H23NO/c1-15(2)6-4-7-16(3)11-13-21-19-9-5-8-17-14-20-12-10-18(17)19/h5-6,8-12,14H,4,7,13H2,1-3H3/b16-11+. The van der Waals surface area contributed by atoms with Crippen LogP contribution in [0, 0.1) is 0 Å². The van der Waals surface area contributed by atoms with Gasteiger partial charge in [-0.25, -0.2) is 0 Å². The van der Waals surface area contributed by atoms with E-state index in [1.807, 2.05) is 24.4 Å². The molecule has 21 heavy (non-hydrogen) atoms. The number of hydrogen-bond donors (Lipinski definition) is 0. The van der Waals surface area contributed by atoms with Crippen LogP contribution in [-0.4, -0.2) is 11.6 Å². The molecule has 0 spiro atoms. The van der Waals surface area contributed by atoms with Gasteiger partial charge in [-0.2, -0.15) is 0 Å². The van der Waals surface area contributed by atoms with E-state index in [0.717, 1.165) is 29.4 Å². The number of ether oxygens (including phenoxy) is 1. The molecule has 0 fully saturated rings. The minimum atomic E-state index is 0.613. The average molecular weight is 281 g/mol. The third-order valence-corrected chi connectivity index (χ3v) is 3.40. The molecule has 1 aromatic carbocycles. The Morgan fingerprint density at radius 1 is 1.14 bits per heavy atom. The van der Waals surface area contributed by atoms with Crippen molar-refractivity contribution in [2.75, 3.05) is 6.61 Å². The molecule has 0 N–H and O–H groups in total. The number of rotatable bonds is 6. The van der Waals surface area contributed by atoms with E-state index in [1.165, 1.54) is 11.1 Å². The van der Waals surface area contributed by atoms with Crippen LogP contribution in [0.5, 0.6) is 5.75 Å². The van der Waals surface area contributed by atoms with E-state index in [9.17, 15) is 0 Å². The van der Waals surface area contributed by atoms with E-state index < -0.39 is 0 Å². The molecule has 2 heteroatoms. The molecular weight excluding hydrogens is 258 g/mol. The molecule has 110 valence electrons. The quantitative estimate of drug-likeness (QED) is 0.670. The van der Waals surface area contributed by atoms with Crippen LogP contribution in [-0.2, 0) is 0 Å². The van der Waals surface area contributed by atoms with Gasteiger partial charge in [0.25, 0.3) is 0 Å². The van der Waals surface area contributed by atoms with Gasteiger partial charge in [-0.05, 0) is 51.8 Å². The summed E-state index contributed by atoms with van der Waals surface area (Å²) in [6.45, 7) is 7.05. The largest absolute Gasteiger partial charge is 0.489 e. The Morgan fingerprint density at radius 3 is 2.81 bits per heavy atom. The van der Waals surface area contributed by atoms with Crippen molar-refractivity contribution >= 4 is 10.8 Å². The molecule has 0 saturated carbocycles. The fourth-order valence-electron chi connectivity index (χ4n) is 2.18. The number of pyridine rings is 1. The Balaban J connectivity index is 1.94. The Morgan fingerprint density at radius 2 is 2.00 bits per heavy atom. The molecule has 0 radical (unpaired) electrons. The summed E-state index contributed by atoms with van der Waals surface area (Å²) in [6.07, 6.45) is 10.3. The van der Waals surface area contributed by atoms with Gasteiger partial charge in [-0.15, -0.1) is 0 Å². The molecule has 1 aromatic heterocycles. The number of aromatic nitrogens is 1. The zero-order valence-electron chi connectivity index (χ0n) is 13.1. The highest BCUT2D eigenvalue weighted by atomic mass is 16.5. The monoisotopic (exact) mass is 281 g/mol. The second-order valence-electron chi connectivity index (χ2n) is 5.53. The number of nitrogens with zero attached hydrogens (tertiary/aromatic N) is 1. The van der Waals surface area contributed by atoms with Crippen molar-refractivity contribution in [1.82, 2.24) is 4.98 Å². The second-order valence-corrected chi connectivity index (χ2v) is 5.53. The van der Waals surface area contributed by atoms with Crippen LogP contribution in [0.1, 0.15) is 33.6 Å². The Kier molecular flexibility index (Phi) is 5.56. The van der Waals surface area contributed by atoms with Gasteiger partial charge >= 0.3 is 0 Å². The van der Waals surface area contributed by atoms with E-state index in [0.29, 0.717) is 6.61 Å². The predicted molar refractivity (Wildman–Crippen MR) is 89.7 cm³/mol. The van der Waals surface area contributed by atoms with Gasteiger partial charge in [-0.1, -0.05) is 29.4 Å². The molecule has 2 nitrogen and oxygen atoms in total. The van der Waals surface area contributed by atoms with Gasteiger partial charge < -0.3 is 4.74 Å². The molecule has 0 unspecified atom stereocenters. The maximum absolute atomic E-state index is 5.90. The highest BCUT2D eigenvalue weighted by Gasteiger charge is 2.00. The van der Waals surface area contributed by atoms with Gasteiger partial charge in [0.1, 0.15) is 12.4 Å². The molecule has 0 aliphatic rings. The molecule has 0 bridgehead atoms. The minimum Gasteiger partial charge on any atom is -0.489 e. The lowest BCUT2D eigenvalue weighted by Gasteiger charge is -2.07. The number of fused-ring (bicyclic) bond motifs is 1. The third-order valence-electron chi connectivity index (χ3n) is 3.40. The van der Waals surface area contributed by atoms with Crippen LogP contribution in [0.15, 0.2) is 60.0 Å². The topological polar surface area (TPSA) is 22.1 Å². The Labute approximate surface area is 127 Å². The first-order chi connectivity index (χ1) is 10.2. The third kappa shape index (κ3) is 4.75. The van der Waals surface area contributed by atoms with Crippen molar-refractivity contribution in [2.24, 2.45) is 0 Å². The summed E-state index contributed by atoms with van der Waals surface area (Å²) >= 11 is 0. The molecule has 2 aromatic rings. The van der Waals surface area contributed by atoms with Gasteiger partial charge in [0.15, 0.2) is 0 Å². The maximum atomic E-state index is 5.90. The van der Waals surface area contributed by atoms with E-state index in [4.69, 9.17) is 4.74 Å². The number of benzene rings is 1. The lowest BCUT2D eigenvalue weighted by atomic mass is 10.1. The summed E-state index contributed by atoms with van der Waals surface area (Å²) in [5.41, 5.74) is 2.75. The lowest BCUT2D eigenvalue weighted by molar-refractivity contribution is 0.366. The normalized spacial score (nSPS) is 11.5. The molecule has 0 aliphatic heterocycles. The minimum absolute atomic E-state index is 0.613. The number of hydrogen-bond acceptors (Lipinski definition) is 2. The molecular formula is C19H23NO. The Bertz CT molecular complexity index is 646. The van der Waals surface area contributed by atoms with E-state index in [-0.39, 0.29) is 0 Å². The smallest absolute Gasteiger partial charge is 0.127 e. The first kappa shape index (κ1) is 15.3. The summed E-state index contributed by atoms with van der Waals surface area (Å²) in [5.74, 6) is 0.920. The van der Waals surface area contributed by atoms with Gasteiger partial charge in [0, 0.05) is 23.2 Å². The highest BCUT2D eigenvalue weighted by molar-refractivity contribution is 5.87. The van der Waals surface area contributed by atoms with Crippen LogP contribution in [0.3, 0.4) is 0 Å². The van der Waals surface area contributed by atoms with Crippen molar-refractivity contribution in [2.45, 2.75) is 33.6 Å². The number of allylic oxidation sites excluding steroid dienone is 3. The summed E-state index contributed by atoms with van der Waals surface area (Å²) in [7, 11) is 0. The summed E-state index contributed by atoms with van der Waals surface area (Å²) in [6, 6.07) is 8.06. The molecule has 0 aliphatic carbocycles. The first-order valence-electron chi connectivity index (χ1n) is 7.41. The first-order valence-corrected chi connectivity index (χ1v) is 7.41. The van der Waals surface area contributed by atoms with Crippen LogP contribution in [0.4, 0.5) is 0 Å². The van der Waals surface area contributed by atoms with Gasteiger partial charge in [0.05, 0.1) is 0 Å². The van der Waals surface area contributed by atoms with Crippen molar-refractivity contribution in [3.8, 4) is 5.75 Å². The van der Waals surface area contributed by atoms with Crippen LogP contribution in [0.25, 0.3) is 10.8 Å². The van der Waals surface area contributed by atoms with Crippen LogP contribution >= 0.6 is 0 Å². The Hall–Kier alpha value is -2.09. The van der Waals surface area contributed by atoms with Gasteiger partial charge in [-0.3, -0.25) is 4.98 Å². The van der Waals surface area contributed by atoms with Crippen molar-refractivity contribution in [1.29, 1.82) is 0 Å². The second kappa shape index (κ2) is 7.63. The van der Waals surface area contributed by atoms with E-state index in [2.05, 4.69) is 44.0 Å². The van der Waals surface area contributed by atoms with Crippen LogP contribution < -0.4 is 4.74 Å². The van der Waals surface area contributed by atoms with Crippen LogP contribution in [0.2, 0.25) is 0 Å². The van der Waals surface area contributed by atoms with Crippen molar-refractivity contribution in [3.05, 3.63) is 60.0 Å². The fraction of sp³-hybridized carbons (Fsp3) is 0.316. The summed E-state index contributed by atoms with van der Waals surface area (Å²) < 4.78 is 5.90. The van der Waals surface area contributed by atoms with Crippen molar-refractivity contribution < 1.29 is 4.74 Å². The molecule has 2 rings (SSSR count). The van der Waals surface area contributed by atoms with Crippen molar-refractivity contribution in [3.63, 3.8) is 0 Å². The fourth-order valence-corrected chi connectivity index (χ4v) is 2.18. The summed E-state index contributed by atoms with van der Waals surface area (Å²) in [5, 5.41) is 2.22. The molecule has 1 heterocycles.